The van der Waals surface area contributed by atoms with E-state index in [4.69, 9.17) is 16.3 Å². The maximum absolute atomic E-state index is 12.9. The zero-order chi connectivity index (χ0) is 19.7. The van der Waals surface area contributed by atoms with Gasteiger partial charge in [-0.15, -0.1) is 0 Å². The number of rotatable bonds is 5. The molecule has 1 N–H and O–H groups in total. The molecular formula is C22H24ClN3O2. The van der Waals surface area contributed by atoms with E-state index in [-0.39, 0.29) is 5.78 Å². The Balaban J connectivity index is 1.42. The van der Waals surface area contributed by atoms with Gasteiger partial charge in [-0.05, 0) is 42.8 Å². The van der Waals surface area contributed by atoms with Gasteiger partial charge in [-0.1, -0.05) is 17.7 Å². The van der Waals surface area contributed by atoms with Crippen molar-refractivity contribution in [1.82, 2.24) is 9.88 Å². The van der Waals surface area contributed by atoms with Gasteiger partial charge in [0.05, 0.1) is 13.7 Å². The Hall–Kier alpha value is -2.50. The summed E-state index contributed by atoms with van der Waals surface area (Å²) in [6.45, 7) is 6.00. The van der Waals surface area contributed by atoms with Gasteiger partial charge in [0.2, 0.25) is 0 Å². The molecule has 1 saturated heterocycles. The number of ether oxygens (including phenoxy) is 1. The van der Waals surface area contributed by atoms with Crippen molar-refractivity contribution in [1.29, 1.82) is 0 Å². The van der Waals surface area contributed by atoms with E-state index in [0.717, 1.165) is 53.4 Å². The topological polar surface area (TPSA) is 48.6 Å². The van der Waals surface area contributed by atoms with Crippen LogP contribution in [0, 0.1) is 6.92 Å². The van der Waals surface area contributed by atoms with Crippen LogP contribution in [0.1, 0.15) is 15.9 Å². The fourth-order valence-corrected chi connectivity index (χ4v) is 3.98. The minimum absolute atomic E-state index is 0.131. The van der Waals surface area contributed by atoms with E-state index >= 15 is 0 Å². The maximum atomic E-state index is 12.9. The van der Waals surface area contributed by atoms with Gasteiger partial charge in [0.25, 0.3) is 0 Å². The molecule has 28 heavy (non-hydrogen) atoms. The Labute approximate surface area is 169 Å². The van der Waals surface area contributed by atoms with Gasteiger partial charge >= 0.3 is 0 Å². The molecular weight excluding hydrogens is 374 g/mol. The second-order valence-electron chi connectivity index (χ2n) is 7.23. The minimum atomic E-state index is 0.131. The summed E-state index contributed by atoms with van der Waals surface area (Å²) in [4.78, 5) is 20.7. The number of hydrogen-bond acceptors (Lipinski definition) is 4. The Kier molecular flexibility index (Phi) is 5.29. The smallest absolute Gasteiger partial charge is 0.178 e. The highest BCUT2D eigenvalue weighted by Gasteiger charge is 2.22. The van der Waals surface area contributed by atoms with Crippen LogP contribution >= 0.6 is 11.6 Å². The molecule has 4 rings (SSSR count). The van der Waals surface area contributed by atoms with E-state index in [1.165, 1.54) is 11.3 Å². The molecule has 5 nitrogen and oxygen atoms in total. The number of benzene rings is 2. The summed E-state index contributed by atoms with van der Waals surface area (Å²) < 4.78 is 5.30. The van der Waals surface area contributed by atoms with E-state index < -0.39 is 0 Å². The van der Waals surface area contributed by atoms with Gasteiger partial charge in [-0.25, -0.2) is 0 Å². The molecule has 0 spiro atoms. The normalized spacial score (nSPS) is 15.2. The standard InChI is InChI=1S/C22H24ClN3O2/c1-15-3-4-16(23)11-21(15)26-9-7-25(8-10-26)14-22(27)19-13-24-20-6-5-17(28-2)12-18(19)20/h3-6,11-13,24H,7-10,14H2,1-2H3. The number of piperazine rings is 1. The maximum Gasteiger partial charge on any atom is 0.178 e. The Morgan fingerprint density at radius 2 is 1.93 bits per heavy atom. The fourth-order valence-electron chi connectivity index (χ4n) is 3.82. The van der Waals surface area contributed by atoms with E-state index in [2.05, 4.69) is 27.8 Å². The average molecular weight is 398 g/mol. The molecule has 0 atom stereocenters. The van der Waals surface area contributed by atoms with E-state index in [1.54, 1.807) is 13.3 Å². The van der Waals surface area contributed by atoms with Crippen molar-refractivity contribution in [2.45, 2.75) is 6.92 Å². The van der Waals surface area contributed by atoms with Crippen molar-refractivity contribution in [3.8, 4) is 5.75 Å². The van der Waals surface area contributed by atoms with Crippen molar-refractivity contribution >= 4 is 34.0 Å². The van der Waals surface area contributed by atoms with Gasteiger partial charge in [-0.2, -0.15) is 0 Å². The lowest BCUT2D eigenvalue weighted by atomic mass is 10.1. The van der Waals surface area contributed by atoms with Gasteiger partial charge in [0, 0.05) is 59.6 Å². The highest BCUT2D eigenvalue weighted by Crippen LogP contribution is 2.26. The first-order chi connectivity index (χ1) is 13.5. The largest absolute Gasteiger partial charge is 0.497 e. The summed E-state index contributed by atoms with van der Waals surface area (Å²) in [5, 5.41) is 1.67. The number of aromatic nitrogens is 1. The van der Waals surface area contributed by atoms with Gasteiger partial charge in [0.15, 0.2) is 5.78 Å². The molecule has 0 amide bonds. The molecule has 0 unspecified atom stereocenters. The third-order valence-corrected chi connectivity index (χ3v) is 5.68. The van der Waals surface area contributed by atoms with Crippen molar-refractivity contribution in [2.75, 3.05) is 44.7 Å². The van der Waals surface area contributed by atoms with Crippen LogP contribution in [-0.2, 0) is 0 Å². The number of carbonyl (C=O) groups excluding carboxylic acids is 1. The SMILES string of the molecule is COc1ccc2[nH]cc(C(=O)CN3CCN(c4cc(Cl)ccc4C)CC3)c2c1. The fraction of sp³-hybridized carbons (Fsp3) is 0.318. The number of halogens is 1. The number of methoxy groups -OCH3 is 1. The Morgan fingerprint density at radius 3 is 2.68 bits per heavy atom. The molecule has 2 aromatic carbocycles. The second-order valence-corrected chi connectivity index (χ2v) is 7.67. The summed E-state index contributed by atoms with van der Waals surface area (Å²) in [6.07, 6.45) is 1.80. The van der Waals surface area contributed by atoms with Crippen molar-refractivity contribution < 1.29 is 9.53 Å². The summed E-state index contributed by atoms with van der Waals surface area (Å²) in [5.41, 5.74) is 4.08. The molecule has 2 heterocycles. The van der Waals surface area contributed by atoms with Crippen LogP contribution in [0.2, 0.25) is 5.02 Å². The second kappa shape index (κ2) is 7.86. The van der Waals surface area contributed by atoms with Crippen molar-refractivity contribution in [2.24, 2.45) is 0 Å². The number of aromatic amines is 1. The number of H-pyrrole nitrogens is 1. The van der Waals surface area contributed by atoms with Crippen molar-refractivity contribution in [3.05, 3.63) is 58.7 Å². The number of nitrogens with zero attached hydrogens (tertiary/aromatic N) is 2. The Bertz CT molecular complexity index is 1010. The predicted molar refractivity (Wildman–Crippen MR) is 114 cm³/mol. The van der Waals surface area contributed by atoms with E-state index in [0.29, 0.717) is 6.54 Å². The zero-order valence-corrected chi connectivity index (χ0v) is 16.9. The van der Waals surface area contributed by atoms with Gasteiger partial charge < -0.3 is 14.6 Å². The number of fused-ring (bicyclic) bond motifs is 1. The number of hydrogen-bond donors (Lipinski definition) is 1. The number of anilines is 1. The lowest BCUT2D eigenvalue weighted by Crippen LogP contribution is -2.48. The monoisotopic (exact) mass is 397 g/mol. The molecule has 0 saturated carbocycles. The molecule has 0 aliphatic carbocycles. The van der Waals surface area contributed by atoms with Crippen LogP contribution in [0.3, 0.4) is 0 Å². The number of ketones is 1. The summed E-state index contributed by atoms with van der Waals surface area (Å²) >= 11 is 6.17. The van der Waals surface area contributed by atoms with Crippen LogP contribution in [-0.4, -0.2) is 55.5 Å². The van der Waals surface area contributed by atoms with E-state index in [1.807, 2.05) is 30.3 Å². The third kappa shape index (κ3) is 3.73. The lowest BCUT2D eigenvalue weighted by Gasteiger charge is -2.36. The summed E-state index contributed by atoms with van der Waals surface area (Å²) in [7, 11) is 1.64. The number of carbonyl (C=O) groups is 1. The summed E-state index contributed by atoms with van der Waals surface area (Å²) in [5.74, 6) is 0.888. The predicted octanol–water partition coefficient (Wildman–Crippen LogP) is 4.14. The third-order valence-electron chi connectivity index (χ3n) is 5.44. The van der Waals surface area contributed by atoms with Gasteiger partial charge in [-0.3, -0.25) is 9.69 Å². The zero-order valence-electron chi connectivity index (χ0n) is 16.2. The average Bonchev–Trinajstić information content (AvgIpc) is 3.13. The first kappa shape index (κ1) is 18.8. The Morgan fingerprint density at radius 1 is 1.14 bits per heavy atom. The highest BCUT2D eigenvalue weighted by molar-refractivity contribution is 6.30. The molecule has 6 heteroatoms. The molecule has 1 aliphatic heterocycles. The van der Waals surface area contributed by atoms with Gasteiger partial charge in [0.1, 0.15) is 5.75 Å². The molecule has 1 aromatic heterocycles. The number of nitrogens with one attached hydrogen (secondary N) is 1. The molecule has 0 radical (unpaired) electrons. The van der Waals surface area contributed by atoms with Crippen LogP contribution < -0.4 is 9.64 Å². The van der Waals surface area contributed by atoms with Crippen LogP contribution in [0.4, 0.5) is 5.69 Å². The number of aryl methyl sites for hydroxylation is 1. The molecule has 146 valence electrons. The van der Waals surface area contributed by atoms with Crippen molar-refractivity contribution in [3.63, 3.8) is 0 Å². The van der Waals surface area contributed by atoms with Crippen LogP contribution in [0.15, 0.2) is 42.6 Å². The molecule has 3 aromatic rings. The van der Waals surface area contributed by atoms with E-state index in [9.17, 15) is 4.79 Å². The van der Waals surface area contributed by atoms with Crippen LogP contribution in [0.5, 0.6) is 5.75 Å². The highest BCUT2D eigenvalue weighted by atomic mass is 35.5. The van der Waals surface area contributed by atoms with Crippen LogP contribution in [0.25, 0.3) is 10.9 Å². The number of Topliss-reactive ketones (excluding diaryl/α,β-unsaturated/α-hetero) is 1. The first-order valence-electron chi connectivity index (χ1n) is 9.47. The molecule has 1 fully saturated rings. The molecule has 0 bridgehead atoms. The molecule has 1 aliphatic rings. The summed E-state index contributed by atoms with van der Waals surface area (Å²) in [6, 6.07) is 11.8. The first-order valence-corrected chi connectivity index (χ1v) is 9.85. The lowest BCUT2D eigenvalue weighted by molar-refractivity contribution is 0.0928. The quantitative estimate of drug-likeness (QED) is 0.657. The minimum Gasteiger partial charge on any atom is -0.497 e.